The monoisotopic (exact) mass is 246 g/mol. The van der Waals surface area contributed by atoms with E-state index in [1.54, 1.807) is 0 Å². The molecule has 0 bridgehead atoms. The summed E-state index contributed by atoms with van der Waals surface area (Å²) in [4.78, 5) is 6.64. The normalized spacial score (nSPS) is 23.2. The Kier molecular flexibility index (Phi) is 3.97. The smallest absolute Gasteiger partial charge is 0.183 e. The van der Waals surface area contributed by atoms with Gasteiger partial charge in [0.15, 0.2) is 4.47 Å². The average molecular weight is 247 g/mol. The number of halogens is 1. The van der Waals surface area contributed by atoms with Crippen LogP contribution < -0.4 is 0 Å². The number of thiazole rings is 1. The molecule has 0 N–H and O–H groups in total. The highest BCUT2D eigenvalue weighted by Crippen LogP contribution is 2.17. The predicted molar refractivity (Wildman–Crippen MR) is 62.4 cm³/mol. The molecule has 0 radical (unpaired) electrons. The SMILES string of the molecule is CCC1CN(Cc2csc(Cl)n2)CCO1. The zero-order chi connectivity index (χ0) is 10.7. The zero-order valence-corrected chi connectivity index (χ0v) is 10.4. The quantitative estimate of drug-likeness (QED) is 0.819. The summed E-state index contributed by atoms with van der Waals surface area (Å²) in [5.41, 5.74) is 1.07. The number of hydrogen-bond acceptors (Lipinski definition) is 4. The van der Waals surface area contributed by atoms with Crippen LogP contribution in [0.25, 0.3) is 0 Å². The van der Waals surface area contributed by atoms with Crippen LogP contribution in [0.15, 0.2) is 5.38 Å². The highest BCUT2D eigenvalue weighted by molar-refractivity contribution is 7.13. The maximum absolute atomic E-state index is 5.80. The minimum atomic E-state index is 0.382. The molecule has 0 amide bonds. The molecule has 1 aliphatic rings. The lowest BCUT2D eigenvalue weighted by Crippen LogP contribution is -2.41. The predicted octanol–water partition coefficient (Wildman–Crippen LogP) is 2.41. The topological polar surface area (TPSA) is 25.4 Å². The number of rotatable bonds is 3. The van der Waals surface area contributed by atoms with E-state index in [0.29, 0.717) is 10.6 Å². The van der Waals surface area contributed by atoms with Gasteiger partial charge < -0.3 is 4.74 Å². The lowest BCUT2D eigenvalue weighted by atomic mass is 10.2. The van der Waals surface area contributed by atoms with Gasteiger partial charge in [-0.3, -0.25) is 4.90 Å². The molecule has 84 valence electrons. The molecule has 1 aromatic heterocycles. The van der Waals surface area contributed by atoms with Gasteiger partial charge in [-0.05, 0) is 6.42 Å². The van der Waals surface area contributed by atoms with Crippen LogP contribution >= 0.6 is 22.9 Å². The van der Waals surface area contributed by atoms with Crippen molar-refractivity contribution in [2.24, 2.45) is 0 Å². The Hall–Kier alpha value is -0.160. The Morgan fingerprint density at radius 3 is 3.27 bits per heavy atom. The lowest BCUT2D eigenvalue weighted by molar-refractivity contribution is -0.0327. The number of nitrogens with zero attached hydrogens (tertiary/aromatic N) is 2. The van der Waals surface area contributed by atoms with Crippen molar-refractivity contribution >= 4 is 22.9 Å². The van der Waals surface area contributed by atoms with Gasteiger partial charge in [-0.2, -0.15) is 0 Å². The van der Waals surface area contributed by atoms with E-state index >= 15 is 0 Å². The van der Waals surface area contributed by atoms with Crippen LogP contribution in [0.5, 0.6) is 0 Å². The van der Waals surface area contributed by atoms with Gasteiger partial charge in [0.05, 0.1) is 18.4 Å². The van der Waals surface area contributed by atoms with E-state index in [9.17, 15) is 0 Å². The van der Waals surface area contributed by atoms with Gasteiger partial charge in [0.25, 0.3) is 0 Å². The third-order valence-corrected chi connectivity index (χ3v) is 3.62. The van der Waals surface area contributed by atoms with Crippen LogP contribution in [-0.4, -0.2) is 35.7 Å². The maximum Gasteiger partial charge on any atom is 0.183 e. The average Bonchev–Trinajstić information content (AvgIpc) is 2.64. The standard InChI is InChI=1S/C10H15ClN2OS/c1-2-9-6-13(3-4-14-9)5-8-7-15-10(11)12-8/h7,9H,2-6H2,1H3. The Balaban J connectivity index is 1.88. The number of aromatic nitrogens is 1. The molecule has 0 aliphatic carbocycles. The first-order valence-electron chi connectivity index (χ1n) is 5.21. The molecular weight excluding hydrogens is 232 g/mol. The van der Waals surface area contributed by atoms with Crippen molar-refractivity contribution in [1.29, 1.82) is 0 Å². The number of morpholine rings is 1. The molecule has 0 spiro atoms. The molecule has 1 unspecified atom stereocenters. The molecule has 3 nitrogen and oxygen atoms in total. The number of hydrogen-bond donors (Lipinski definition) is 0. The van der Waals surface area contributed by atoms with Gasteiger partial charge in [-0.1, -0.05) is 18.5 Å². The zero-order valence-electron chi connectivity index (χ0n) is 8.78. The summed E-state index contributed by atoms with van der Waals surface area (Å²) in [6, 6.07) is 0. The summed E-state index contributed by atoms with van der Waals surface area (Å²) in [6.07, 6.45) is 1.46. The van der Waals surface area contributed by atoms with E-state index in [4.69, 9.17) is 16.3 Å². The fourth-order valence-electron chi connectivity index (χ4n) is 1.75. The Morgan fingerprint density at radius 1 is 1.73 bits per heavy atom. The molecule has 1 aromatic rings. The Morgan fingerprint density at radius 2 is 2.60 bits per heavy atom. The fourth-order valence-corrected chi connectivity index (χ4v) is 2.53. The largest absolute Gasteiger partial charge is 0.376 e. The van der Waals surface area contributed by atoms with E-state index in [0.717, 1.165) is 38.4 Å². The van der Waals surface area contributed by atoms with Crippen LogP contribution in [0.3, 0.4) is 0 Å². The van der Waals surface area contributed by atoms with Crippen molar-refractivity contribution in [1.82, 2.24) is 9.88 Å². The minimum absolute atomic E-state index is 0.382. The van der Waals surface area contributed by atoms with E-state index in [-0.39, 0.29) is 0 Å². The van der Waals surface area contributed by atoms with E-state index < -0.39 is 0 Å². The summed E-state index contributed by atoms with van der Waals surface area (Å²) in [5, 5.41) is 2.03. The first-order chi connectivity index (χ1) is 7.28. The van der Waals surface area contributed by atoms with E-state index in [2.05, 4.69) is 16.8 Å². The minimum Gasteiger partial charge on any atom is -0.376 e. The maximum atomic E-state index is 5.80. The molecule has 1 saturated heterocycles. The number of ether oxygens (including phenoxy) is 1. The lowest BCUT2D eigenvalue weighted by Gasteiger charge is -2.31. The summed E-state index contributed by atoms with van der Waals surface area (Å²) in [7, 11) is 0. The molecule has 0 saturated carbocycles. The van der Waals surface area contributed by atoms with Gasteiger partial charge in [0, 0.05) is 25.0 Å². The van der Waals surface area contributed by atoms with Crippen LogP contribution in [-0.2, 0) is 11.3 Å². The van der Waals surface area contributed by atoms with Gasteiger partial charge in [-0.15, -0.1) is 11.3 Å². The highest BCUT2D eigenvalue weighted by Gasteiger charge is 2.19. The van der Waals surface area contributed by atoms with Crippen LogP contribution in [0, 0.1) is 0 Å². The second-order valence-corrected chi connectivity index (χ2v) is 5.17. The summed E-state index contributed by atoms with van der Waals surface area (Å²) >= 11 is 7.29. The first-order valence-corrected chi connectivity index (χ1v) is 6.47. The molecule has 2 rings (SSSR count). The third kappa shape index (κ3) is 3.14. The van der Waals surface area contributed by atoms with Crippen molar-refractivity contribution in [2.75, 3.05) is 19.7 Å². The van der Waals surface area contributed by atoms with Gasteiger partial charge in [0.2, 0.25) is 0 Å². The Bertz CT molecular complexity index is 318. The van der Waals surface area contributed by atoms with Gasteiger partial charge in [0.1, 0.15) is 0 Å². The Labute approximate surface area is 99.0 Å². The van der Waals surface area contributed by atoms with Crippen molar-refractivity contribution in [3.63, 3.8) is 0 Å². The molecule has 2 heterocycles. The van der Waals surface area contributed by atoms with Crippen molar-refractivity contribution in [2.45, 2.75) is 26.0 Å². The summed E-state index contributed by atoms with van der Waals surface area (Å²) in [5.74, 6) is 0. The van der Waals surface area contributed by atoms with E-state index in [1.165, 1.54) is 11.3 Å². The molecule has 0 aromatic carbocycles. The van der Waals surface area contributed by atoms with Crippen LogP contribution in [0.4, 0.5) is 0 Å². The summed E-state index contributed by atoms with van der Waals surface area (Å²) in [6.45, 7) is 5.88. The van der Waals surface area contributed by atoms with Crippen molar-refractivity contribution < 1.29 is 4.74 Å². The molecule has 5 heteroatoms. The van der Waals surface area contributed by atoms with Crippen LogP contribution in [0.2, 0.25) is 4.47 Å². The highest BCUT2D eigenvalue weighted by atomic mass is 35.5. The van der Waals surface area contributed by atoms with Crippen molar-refractivity contribution in [3.8, 4) is 0 Å². The van der Waals surface area contributed by atoms with Crippen LogP contribution in [0.1, 0.15) is 19.0 Å². The van der Waals surface area contributed by atoms with Crippen molar-refractivity contribution in [3.05, 3.63) is 15.5 Å². The fraction of sp³-hybridized carbons (Fsp3) is 0.700. The second kappa shape index (κ2) is 5.25. The molecule has 1 atom stereocenters. The van der Waals surface area contributed by atoms with Gasteiger partial charge in [-0.25, -0.2) is 4.98 Å². The van der Waals surface area contributed by atoms with Gasteiger partial charge >= 0.3 is 0 Å². The second-order valence-electron chi connectivity index (χ2n) is 3.73. The molecule has 1 fully saturated rings. The summed E-state index contributed by atoms with van der Waals surface area (Å²) < 4.78 is 6.24. The molecule has 15 heavy (non-hydrogen) atoms. The van der Waals surface area contributed by atoms with E-state index in [1.807, 2.05) is 5.38 Å². The molecular formula is C10H15ClN2OS. The third-order valence-electron chi connectivity index (χ3n) is 2.59. The first kappa shape index (κ1) is 11.3. The molecule has 1 aliphatic heterocycles.